The number of likely N-dealkylation sites (N-methyl/N-ethyl adjacent to an activating group) is 1. The maximum absolute atomic E-state index is 13.2. The van der Waals surface area contributed by atoms with Gasteiger partial charge in [0.05, 0.1) is 11.2 Å². The van der Waals surface area contributed by atoms with Crippen molar-refractivity contribution in [2.24, 2.45) is 0 Å². The van der Waals surface area contributed by atoms with Crippen molar-refractivity contribution < 1.29 is 18.7 Å². The van der Waals surface area contributed by atoms with E-state index in [1.807, 2.05) is 49.2 Å². The number of hydrogen-bond donors (Lipinski definition) is 0. The quantitative estimate of drug-likeness (QED) is 0.110. The molecule has 1 saturated heterocycles. The fourth-order valence-electron chi connectivity index (χ4n) is 5.97. The van der Waals surface area contributed by atoms with E-state index < -0.39 is 0 Å². The van der Waals surface area contributed by atoms with Gasteiger partial charge >= 0.3 is 0 Å². The van der Waals surface area contributed by atoms with Crippen LogP contribution in [-0.2, 0) is 24.4 Å². The molecule has 1 aromatic heterocycles. The van der Waals surface area contributed by atoms with Crippen LogP contribution >= 0.6 is 48.0 Å². The van der Waals surface area contributed by atoms with Gasteiger partial charge in [-0.3, -0.25) is 9.69 Å². The van der Waals surface area contributed by atoms with Crippen LogP contribution in [0.3, 0.4) is 0 Å². The molecule has 2 heterocycles. The fourth-order valence-corrected chi connectivity index (χ4v) is 6.47. The first-order valence-electron chi connectivity index (χ1n) is 17.2. The van der Waals surface area contributed by atoms with Crippen LogP contribution in [0.2, 0.25) is 10.0 Å². The van der Waals surface area contributed by atoms with Crippen molar-refractivity contribution in [2.75, 3.05) is 44.7 Å². The van der Waals surface area contributed by atoms with E-state index in [1.165, 1.54) is 23.3 Å². The van der Waals surface area contributed by atoms with Crippen LogP contribution in [0.5, 0.6) is 17.4 Å². The van der Waals surface area contributed by atoms with Crippen molar-refractivity contribution >= 4 is 65.7 Å². The Labute approximate surface area is 339 Å². The number of aryl methyl sites for hydroxylation is 1. The molecule has 0 saturated carbocycles. The number of anilines is 1. The van der Waals surface area contributed by atoms with E-state index in [1.54, 1.807) is 48.7 Å². The molecular formula is C42H43Cl4FN4O3. The lowest BCUT2D eigenvalue weighted by Crippen LogP contribution is -2.47. The number of piperazine rings is 1. The molecule has 4 aromatic carbocycles. The minimum absolute atomic E-state index is 0. The molecule has 1 fully saturated rings. The smallest absolute Gasteiger partial charge is 0.246 e. The van der Waals surface area contributed by atoms with Gasteiger partial charge in [0.15, 0.2) is 5.75 Å². The molecule has 1 aliphatic heterocycles. The Morgan fingerprint density at radius 1 is 0.889 bits per heavy atom. The van der Waals surface area contributed by atoms with Crippen LogP contribution < -0.4 is 14.4 Å². The molecule has 0 spiro atoms. The highest BCUT2D eigenvalue weighted by Crippen LogP contribution is 2.34. The first-order valence-corrected chi connectivity index (χ1v) is 18.0. The van der Waals surface area contributed by atoms with Crippen LogP contribution in [0, 0.1) is 12.7 Å². The van der Waals surface area contributed by atoms with Crippen molar-refractivity contribution in [1.82, 2.24) is 14.8 Å². The van der Waals surface area contributed by atoms with Crippen LogP contribution in [0.4, 0.5) is 10.1 Å². The number of carbonyl (C=O) groups excluding carboxylic acids is 1. The van der Waals surface area contributed by atoms with Gasteiger partial charge in [0.2, 0.25) is 11.8 Å². The highest BCUT2D eigenvalue weighted by atomic mass is 35.5. The van der Waals surface area contributed by atoms with E-state index in [-0.39, 0.29) is 36.5 Å². The summed E-state index contributed by atoms with van der Waals surface area (Å²) in [5.41, 5.74) is 6.03. The van der Waals surface area contributed by atoms with Crippen molar-refractivity contribution in [1.29, 1.82) is 0 Å². The van der Waals surface area contributed by atoms with Gasteiger partial charge in [0, 0.05) is 74.7 Å². The molecule has 284 valence electrons. The van der Waals surface area contributed by atoms with E-state index >= 15 is 0 Å². The average Bonchev–Trinajstić information content (AvgIpc) is 3.15. The zero-order valence-corrected chi connectivity index (χ0v) is 33.2. The van der Waals surface area contributed by atoms with Gasteiger partial charge in [-0.15, -0.1) is 24.8 Å². The minimum atomic E-state index is -0.223. The summed E-state index contributed by atoms with van der Waals surface area (Å²) in [5, 5.41) is 1.07. The molecule has 1 amide bonds. The third-order valence-electron chi connectivity index (χ3n) is 9.05. The second-order valence-electron chi connectivity index (χ2n) is 12.9. The molecule has 0 unspecified atom stereocenters. The Morgan fingerprint density at radius 2 is 1.59 bits per heavy atom. The Hall–Kier alpha value is -4.31. The summed E-state index contributed by atoms with van der Waals surface area (Å²) >= 11 is 12.8. The number of ether oxygens (including phenoxy) is 2. The number of amides is 1. The zero-order chi connectivity index (χ0) is 36.5. The molecule has 6 rings (SSSR count). The van der Waals surface area contributed by atoms with Crippen LogP contribution in [0.15, 0.2) is 109 Å². The lowest BCUT2D eigenvalue weighted by molar-refractivity contribution is -0.127. The molecule has 0 radical (unpaired) electrons. The second kappa shape index (κ2) is 20.4. The van der Waals surface area contributed by atoms with Crippen molar-refractivity contribution in [3.8, 4) is 17.4 Å². The highest BCUT2D eigenvalue weighted by Gasteiger charge is 2.20. The van der Waals surface area contributed by atoms with Gasteiger partial charge in [-0.1, -0.05) is 65.7 Å². The monoisotopic (exact) mass is 810 g/mol. The third kappa shape index (κ3) is 11.8. The van der Waals surface area contributed by atoms with Gasteiger partial charge < -0.3 is 19.3 Å². The van der Waals surface area contributed by atoms with Crippen molar-refractivity contribution in [3.63, 3.8) is 0 Å². The molecule has 54 heavy (non-hydrogen) atoms. The number of pyridine rings is 1. The zero-order valence-electron chi connectivity index (χ0n) is 30.1. The SMILES string of the molecule is Cc1cc(C=CC(=O)N2CCN(Cc3ccc(CCN(C)c4ccc(F)cc4)cc3)CC2)cc(Cl)c1Oc1ccc(OCc2ccccc2Cl)cn1.Cl.Cl. The molecule has 0 atom stereocenters. The first kappa shape index (κ1) is 42.4. The number of nitrogens with zero attached hydrogens (tertiary/aromatic N) is 4. The molecular weight excluding hydrogens is 769 g/mol. The van der Waals surface area contributed by atoms with Crippen LogP contribution in [0.25, 0.3) is 6.08 Å². The standard InChI is InChI=1S/C42H41Cl2FN4O3.2ClH/c1-30-25-33(26-39(44)42(30)52-40-17-16-37(27-46-40)51-29-34-5-3-4-6-38(34)43)11-18-41(50)49-23-21-48(22-24-49)28-32-9-7-31(8-10-32)19-20-47(2)36-14-12-35(45)13-15-36;;/h3-18,25-27H,19-24,28-29H2,1-2H3;2*1H. The summed E-state index contributed by atoms with van der Waals surface area (Å²) in [4.78, 5) is 23.8. The summed E-state index contributed by atoms with van der Waals surface area (Å²) in [6, 6.07) is 30.1. The molecule has 5 aromatic rings. The largest absolute Gasteiger partial charge is 0.487 e. The fraction of sp³-hybridized carbons (Fsp3) is 0.238. The molecule has 12 heteroatoms. The number of carbonyl (C=O) groups is 1. The van der Waals surface area contributed by atoms with Crippen molar-refractivity contribution in [3.05, 3.63) is 153 Å². The Morgan fingerprint density at radius 3 is 2.26 bits per heavy atom. The van der Waals surface area contributed by atoms with Gasteiger partial charge in [-0.05, 0) is 90.2 Å². The number of aromatic nitrogens is 1. The van der Waals surface area contributed by atoms with Crippen LogP contribution in [-0.4, -0.2) is 60.5 Å². The van der Waals surface area contributed by atoms with E-state index in [2.05, 4.69) is 39.0 Å². The average molecular weight is 813 g/mol. The maximum Gasteiger partial charge on any atom is 0.246 e. The molecule has 1 aliphatic rings. The van der Waals surface area contributed by atoms with Crippen molar-refractivity contribution in [2.45, 2.75) is 26.5 Å². The molecule has 7 nitrogen and oxygen atoms in total. The Kier molecular flexibility index (Phi) is 16.0. The highest BCUT2D eigenvalue weighted by molar-refractivity contribution is 6.32. The number of rotatable bonds is 13. The predicted molar refractivity (Wildman–Crippen MR) is 221 cm³/mol. The molecule has 0 aliphatic carbocycles. The maximum atomic E-state index is 13.2. The Balaban J connectivity index is 0.00000325. The Bertz CT molecular complexity index is 1970. The summed E-state index contributed by atoms with van der Waals surface area (Å²) in [6.45, 7) is 6.88. The third-order valence-corrected chi connectivity index (χ3v) is 9.70. The van der Waals surface area contributed by atoms with Gasteiger partial charge in [0.1, 0.15) is 18.2 Å². The molecule has 0 N–H and O–H groups in total. The lowest BCUT2D eigenvalue weighted by Gasteiger charge is -2.34. The van der Waals surface area contributed by atoms with E-state index in [0.717, 1.165) is 55.0 Å². The number of benzene rings is 4. The summed E-state index contributed by atoms with van der Waals surface area (Å²) in [6.07, 6.45) is 5.90. The minimum Gasteiger partial charge on any atom is -0.487 e. The van der Waals surface area contributed by atoms with Gasteiger partial charge in [-0.2, -0.15) is 0 Å². The van der Waals surface area contributed by atoms with E-state index in [0.29, 0.717) is 47.1 Å². The lowest BCUT2D eigenvalue weighted by atomic mass is 10.1. The number of halogens is 5. The normalized spacial score (nSPS) is 12.9. The van der Waals surface area contributed by atoms with Gasteiger partial charge in [-0.25, -0.2) is 9.37 Å². The predicted octanol–water partition coefficient (Wildman–Crippen LogP) is 10.1. The van der Waals surface area contributed by atoms with Crippen LogP contribution in [0.1, 0.15) is 27.8 Å². The second-order valence-corrected chi connectivity index (χ2v) is 13.7. The summed E-state index contributed by atoms with van der Waals surface area (Å²) in [5.74, 6) is 1.23. The topological polar surface area (TPSA) is 58.1 Å². The number of hydrogen-bond acceptors (Lipinski definition) is 6. The van der Waals surface area contributed by atoms with E-state index in [4.69, 9.17) is 32.7 Å². The van der Waals surface area contributed by atoms with Gasteiger partial charge in [0.25, 0.3) is 0 Å². The molecule has 0 bridgehead atoms. The van der Waals surface area contributed by atoms with E-state index in [9.17, 15) is 9.18 Å². The summed E-state index contributed by atoms with van der Waals surface area (Å²) in [7, 11) is 2.02. The summed E-state index contributed by atoms with van der Waals surface area (Å²) < 4.78 is 25.1. The first-order chi connectivity index (χ1) is 25.2.